The van der Waals surface area contributed by atoms with Crippen molar-refractivity contribution in [3.8, 4) is 10.4 Å². The Morgan fingerprint density at radius 1 is 1.33 bits per heavy atom. The number of aromatic nitrogens is 2. The molecule has 0 aliphatic rings. The zero-order valence-corrected chi connectivity index (χ0v) is 14.4. The molecule has 0 unspecified atom stereocenters. The van der Waals surface area contributed by atoms with Gasteiger partial charge in [-0.1, -0.05) is 37.3 Å². The lowest BCUT2D eigenvalue weighted by Gasteiger charge is -2.13. The summed E-state index contributed by atoms with van der Waals surface area (Å²) in [6, 6.07) is 11.0. The maximum atomic E-state index is 12.7. The summed E-state index contributed by atoms with van der Waals surface area (Å²) in [6.45, 7) is 3.93. The van der Waals surface area contributed by atoms with Crippen molar-refractivity contribution in [2.75, 3.05) is 6.61 Å². The molecule has 0 radical (unpaired) electrons. The summed E-state index contributed by atoms with van der Waals surface area (Å²) in [5.74, 6) is -0.418. The second-order valence-corrected chi connectivity index (χ2v) is 6.53. The number of hydrogen-bond donors (Lipinski definition) is 0. The number of rotatable bonds is 5. The van der Waals surface area contributed by atoms with Crippen molar-refractivity contribution in [2.45, 2.75) is 26.3 Å². The Balaban J connectivity index is 1.99. The van der Waals surface area contributed by atoms with Crippen molar-refractivity contribution in [1.82, 2.24) is 9.55 Å². The predicted molar refractivity (Wildman–Crippen MR) is 95.3 cm³/mol. The van der Waals surface area contributed by atoms with E-state index in [1.165, 1.54) is 22.2 Å². The molecule has 3 rings (SSSR count). The van der Waals surface area contributed by atoms with Crippen molar-refractivity contribution in [3.63, 3.8) is 0 Å². The SMILES string of the molecule is CCCOC(=O)[C@H](C)n1cnc2sc(-c3ccccc3)cc2c1=O. The van der Waals surface area contributed by atoms with E-state index in [4.69, 9.17) is 4.74 Å². The standard InChI is InChI=1S/C18H18N2O3S/c1-3-9-23-18(22)12(2)20-11-19-16-14(17(20)21)10-15(24-16)13-7-5-4-6-8-13/h4-8,10-12H,3,9H2,1-2H3/t12-/m0/s1. The van der Waals surface area contributed by atoms with E-state index in [1.807, 2.05) is 43.3 Å². The number of carbonyl (C=O) groups is 1. The third-order valence-electron chi connectivity index (χ3n) is 3.74. The van der Waals surface area contributed by atoms with E-state index in [-0.39, 0.29) is 5.56 Å². The fourth-order valence-corrected chi connectivity index (χ4v) is 3.39. The predicted octanol–water partition coefficient (Wildman–Crippen LogP) is 3.64. The van der Waals surface area contributed by atoms with Crippen molar-refractivity contribution in [3.05, 3.63) is 53.1 Å². The van der Waals surface area contributed by atoms with Gasteiger partial charge in [-0.25, -0.2) is 9.78 Å². The number of thiophene rings is 1. The van der Waals surface area contributed by atoms with Crippen LogP contribution in [0.3, 0.4) is 0 Å². The lowest BCUT2D eigenvalue weighted by molar-refractivity contribution is -0.147. The third kappa shape index (κ3) is 3.10. The van der Waals surface area contributed by atoms with Crippen LogP contribution in [0, 0.1) is 0 Å². The highest BCUT2D eigenvalue weighted by atomic mass is 32.1. The first kappa shape index (κ1) is 16.4. The molecule has 6 heteroatoms. The lowest BCUT2D eigenvalue weighted by atomic mass is 10.2. The van der Waals surface area contributed by atoms with Gasteiger partial charge in [-0.15, -0.1) is 11.3 Å². The van der Waals surface area contributed by atoms with Crippen LogP contribution in [-0.2, 0) is 9.53 Å². The van der Waals surface area contributed by atoms with Gasteiger partial charge in [-0.3, -0.25) is 9.36 Å². The zero-order valence-electron chi connectivity index (χ0n) is 13.6. The van der Waals surface area contributed by atoms with E-state index in [9.17, 15) is 9.59 Å². The molecule has 0 bridgehead atoms. The summed E-state index contributed by atoms with van der Waals surface area (Å²) in [6.07, 6.45) is 2.17. The number of ether oxygens (including phenoxy) is 1. The van der Waals surface area contributed by atoms with Crippen molar-refractivity contribution < 1.29 is 9.53 Å². The van der Waals surface area contributed by atoms with E-state index < -0.39 is 12.0 Å². The van der Waals surface area contributed by atoms with Gasteiger partial charge in [0.1, 0.15) is 10.9 Å². The number of benzene rings is 1. The van der Waals surface area contributed by atoms with Crippen molar-refractivity contribution in [1.29, 1.82) is 0 Å². The van der Waals surface area contributed by atoms with Crippen molar-refractivity contribution in [2.24, 2.45) is 0 Å². The average Bonchev–Trinajstić information content (AvgIpc) is 3.05. The maximum Gasteiger partial charge on any atom is 0.328 e. The average molecular weight is 342 g/mol. The summed E-state index contributed by atoms with van der Waals surface area (Å²) in [5.41, 5.74) is 0.821. The van der Waals surface area contributed by atoms with E-state index >= 15 is 0 Å². The van der Waals surface area contributed by atoms with Crippen LogP contribution in [0.25, 0.3) is 20.7 Å². The van der Waals surface area contributed by atoms with Crippen LogP contribution in [0.15, 0.2) is 47.5 Å². The molecule has 2 aromatic heterocycles. The van der Waals surface area contributed by atoms with Gasteiger partial charge in [-0.05, 0) is 25.0 Å². The molecule has 0 spiro atoms. The van der Waals surface area contributed by atoms with Gasteiger partial charge in [0.05, 0.1) is 18.3 Å². The summed E-state index contributed by atoms with van der Waals surface area (Å²) in [5, 5.41) is 0.525. The number of esters is 1. The molecule has 0 amide bonds. The molecule has 0 N–H and O–H groups in total. The molecule has 24 heavy (non-hydrogen) atoms. The smallest absolute Gasteiger partial charge is 0.328 e. The largest absolute Gasteiger partial charge is 0.464 e. The molecule has 3 aromatic rings. The molecule has 0 aliphatic carbocycles. The topological polar surface area (TPSA) is 61.2 Å². The van der Waals surface area contributed by atoms with Crippen LogP contribution in [-0.4, -0.2) is 22.1 Å². The third-order valence-corrected chi connectivity index (χ3v) is 4.83. The molecular formula is C18H18N2O3S. The van der Waals surface area contributed by atoms with E-state index in [2.05, 4.69) is 4.98 Å². The van der Waals surface area contributed by atoms with Gasteiger partial charge in [0.25, 0.3) is 5.56 Å². The number of nitrogens with zero attached hydrogens (tertiary/aromatic N) is 2. The van der Waals surface area contributed by atoms with Crippen molar-refractivity contribution >= 4 is 27.5 Å². The first-order valence-corrected chi connectivity index (χ1v) is 8.66. The monoisotopic (exact) mass is 342 g/mol. The molecule has 0 aliphatic heterocycles. The van der Waals surface area contributed by atoms with Gasteiger partial charge in [0.2, 0.25) is 0 Å². The molecule has 5 nitrogen and oxygen atoms in total. The van der Waals surface area contributed by atoms with Crippen LogP contribution in [0.4, 0.5) is 0 Å². The molecule has 0 fully saturated rings. The molecule has 1 aromatic carbocycles. The second-order valence-electron chi connectivity index (χ2n) is 5.50. The number of fused-ring (bicyclic) bond motifs is 1. The second kappa shape index (κ2) is 6.97. The van der Waals surface area contributed by atoms with Crippen LogP contribution < -0.4 is 5.56 Å². The van der Waals surface area contributed by atoms with Crippen LogP contribution in [0.2, 0.25) is 0 Å². The van der Waals surface area contributed by atoms with Crippen LogP contribution >= 0.6 is 11.3 Å². The highest BCUT2D eigenvalue weighted by Gasteiger charge is 2.20. The Morgan fingerprint density at radius 3 is 2.79 bits per heavy atom. The van der Waals surface area contributed by atoms with Crippen LogP contribution in [0.5, 0.6) is 0 Å². The fraction of sp³-hybridized carbons (Fsp3) is 0.278. The summed E-state index contributed by atoms with van der Waals surface area (Å²) < 4.78 is 6.46. The maximum absolute atomic E-state index is 12.7. The molecule has 2 heterocycles. The van der Waals surface area contributed by atoms with Gasteiger partial charge in [0.15, 0.2) is 0 Å². The number of hydrogen-bond acceptors (Lipinski definition) is 5. The fourth-order valence-electron chi connectivity index (χ4n) is 2.39. The first-order valence-electron chi connectivity index (χ1n) is 7.84. The Bertz CT molecular complexity index is 915. The van der Waals surface area contributed by atoms with E-state index in [0.29, 0.717) is 16.8 Å². The highest BCUT2D eigenvalue weighted by Crippen LogP contribution is 2.30. The van der Waals surface area contributed by atoms with Gasteiger partial charge in [0, 0.05) is 4.88 Å². The Labute approximate surface area is 143 Å². The minimum absolute atomic E-state index is 0.223. The molecule has 0 saturated carbocycles. The lowest BCUT2D eigenvalue weighted by Crippen LogP contribution is -2.29. The number of carbonyl (C=O) groups excluding carboxylic acids is 1. The highest BCUT2D eigenvalue weighted by molar-refractivity contribution is 7.21. The Morgan fingerprint density at radius 2 is 2.08 bits per heavy atom. The van der Waals surface area contributed by atoms with Gasteiger partial charge < -0.3 is 4.74 Å². The normalized spacial score (nSPS) is 12.2. The quantitative estimate of drug-likeness (QED) is 0.664. The summed E-state index contributed by atoms with van der Waals surface area (Å²) in [7, 11) is 0. The first-order chi connectivity index (χ1) is 11.6. The molecular weight excluding hydrogens is 324 g/mol. The molecule has 124 valence electrons. The summed E-state index contributed by atoms with van der Waals surface area (Å²) >= 11 is 1.47. The van der Waals surface area contributed by atoms with Gasteiger partial charge >= 0.3 is 5.97 Å². The summed E-state index contributed by atoms with van der Waals surface area (Å²) in [4.78, 5) is 30.7. The zero-order chi connectivity index (χ0) is 17.1. The minimum Gasteiger partial charge on any atom is -0.464 e. The van der Waals surface area contributed by atoms with E-state index in [1.54, 1.807) is 6.92 Å². The molecule has 1 atom stereocenters. The van der Waals surface area contributed by atoms with Crippen LogP contribution in [0.1, 0.15) is 26.3 Å². The van der Waals surface area contributed by atoms with E-state index in [0.717, 1.165) is 16.9 Å². The molecule has 0 saturated heterocycles. The van der Waals surface area contributed by atoms with Gasteiger partial charge in [-0.2, -0.15) is 0 Å². The Kier molecular flexibility index (Phi) is 4.76. The Hall–Kier alpha value is -2.47. The minimum atomic E-state index is -0.693.